The highest BCUT2D eigenvalue weighted by Crippen LogP contribution is 2.29. The molecule has 1 atom stereocenters. The molecule has 0 aliphatic heterocycles. The van der Waals surface area contributed by atoms with Gasteiger partial charge in [0, 0.05) is 24.0 Å². The van der Waals surface area contributed by atoms with Gasteiger partial charge < -0.3 is 10.6 Å². The van der Waals surface area contributed by atoms with E-state index >= 15 is 0 Å². The highest BCUT2D eigenvalue weighted by Gasteiger charge is 2.12. The second-order valence-electron chi connectivity index (χ2n) is 5.39. The van der Waals surface area contributed by atoms with Crippen LogP contribution in [0, 0.1) is 6.92 Å². The molecule has 20 heavy (non-hydrogen) atoms. The maximum absolute atomic E-state index is 5.98. The first-order valence-corrected chi connectivity index (χ1v) is 7.29. The van der Waals surface area contributed by atoms with Crippen LogP contribution >= 0.6 is 0 Å². The van der Waals surface area contributed by atoms with Crippen molar-refractivity contribution in [1.82, 2.24) is 0 Å². The van der Waals surface area contributed by atoms with Crippen LogP contribution in [0.4, 0.5) is 11.4 Å². The molecule has 0 aromatic heterocycles. The zero-order valence-corrected chi connectivity index (χ0v) is 12.6. The molecule has 2 aromatic rings. The van der Waals surface area contributed by atoms with E-state index in [1.54, 1.807) is 0 Å². The molecule has 2 heteroatoms. The van der Waals surface area contributed by atoms with Crippen LogP contribution in [0.15, 0.2) is 48.5 Å². The predicted molar refractivity (Wildman–Crippen MR) is 87.7 cm³/mol. The Kier molecular flexibility index (Phi) is 4.80. The summed E-state index contributed by atoms with van der Waals surface area (Å²) in [5.41, 5.74) is 11.1. The quantitative estimate of drug-likeness (QED) is 0.886. The summed E-state index contributed by atoms with van der Waals surface area (Å²) in [7, 11) is 0. The molecule has 0 saturated heterocycles. The van der Waals surface area contributed by atoms with Gasteiger partial charge in [0.1, 0.15) is 0 Å². The molecule has 0 bridgehead atoms. The molecule has 0 aliphatic rings. The molecule has 0 aliphatic carbocycles. The first-order valence-electron chi connectivity index (χ1n) is 7.29. The molecular formula is C18H24N2. The summed E-state index contributed by atoms with van der Waals surface area (Å²) in [5, 5.41) is 0. The Balaban J connectivity index is 2.41. The lowest BCUT2D eigenvalue weighted by Crippen LogP contribution is -2.22. The van der Waals surface area contributed by atoms with Crippen LogP contribution in [0.1, 0.15) is 25.0 Å². The predicted octanol–water partition coefficient (Wildman–Crippen LogP) is 4.04. The minimum atomic E-state index is 0.173. The molecule has 1 unspecified atom stereocenters. The van der Waals surface area contributed by atoms with Gasteiger partial charge in [-0.3, -0.25) is 0 Å². The van der Waals surface area contributed by atoms with Crippen molar-refractivity contribution in [2.24, 2.45) is 5.73 Å². The number of anilines is 2. The van der Waals surface area contributed by atoms with Crippen molar-refractivity contribution in [1.29, 1.82) is 0 Å². The van der Waals surface area contributed by atoms with Gasteiger partial charge in [-0.15, -0.1) is 0 Å². The van der Waals surface area contributed by atoms with Gasteiger partial charge in [-0.1, -0.05) is 30.3 Å². The van der Waals surface area contributed by atoms with Crippen LogP contribution in [-0.4, -0.2) is 12.6 Å². The van der Waals surface area contributed by atoms with E-state index in [0.29, 0.717) is 0 Å². The standard InChI is InChI=1S/C18H24N2/c1-4-20(17-10-7-8-14(2)12-17)18-11-6-5-9-16(18)13-15(3)19/h5-12,15H,4,13,19H2,1-3H3. The number of para-hydroxylation sites is 1. The average Bonchev–Trinajstić information content (AvgIpc) is 2.41. The van der Waals surface area contributed by atoms with Gasteiger partial charge in [0.25, 0.3) is 0 Å². The van der Waals surface area contributed by atoms with Crippen LogP contribution in [0.2, 0.25) is 0 Å². The van der Waals surface area contributed by atoms with E-state index in [-0.39, 0.29) is 6.04 Å². The molecular weight excluding hydrogens is 244 g/mol. The second-order valence-corrected chi connectivity index (χ2v) is 5.39. The van der Waals surface area contributed by atoms with Crippen LogP contribution in [-0.2, 0) is 6.42 Å². The molecule has 2 nitrogen and oxygen atoms in total. The minimum Gasteiger partial charge on any atom is -0.342 e. The van der Waals surface area contributed by atoms with Crippen molar-refractivity contribution in [3.05, 3.63) is 59.7 Å². The van der Waals surface area contributed by atoms with E-state index in [1.807, 2.05) is 0 Å². The van der Waals surface area contributed by atoms with Gasteiger partial charge in [0.2, 0.25) is 0 Å². The van der Waals surface area contributed by atoms with Crippen molar-refractivity contribution in [3.63, 3.8) is 0 Å². The summed E-state index contributed by atoms with van der Waals surface area (Å²) in [6.07, 6.45) is 0.901. The Morgan fingerprint density at radius 2 is 1.85 bits per heavy atom. The summed E-state index contributed by atoms with van der Waals surface area (Å²) in [5.74, 6) is 0. The molecule has 0 amide bonds. The van der Waals surface area contributed by atoms with E-state index in [2.05, 4.69) is 74.2 Å². The number of hydrogen-bond acceptors (Lipinski definition) is 2. The zero-order valence-electron chi connectivity index (χ0n) is 12.6. The van der Waals surface area contributed by atoms with Crippen molar-refractivity contribution in [2.45, 2.75) is 33.2 Å². The lowest BCUT2D eigenvalue weighted by Gasteiger charge is -2.26. The van der Waals surface area contributed by atoms with E-state index < -0.39 is 0 Å². The second kappa shape index (κ2) is 6.58. The van der Waals surface area contributed by atoms with Gasteiger partial charge in [-0.05, 0) is 56.5 Å². The molecule has 0 radical (unpaired) electrons. The van der Waals surface area contributed by atoms with Crippen molar-refractivity contribution in [2.75, 3.05) is 11.4 Å². The molecule has 106 valence electrons. The number of benzene rings is 2. The fourth-order valence-electron chi connectivity index (χ4n) is 2.58. The van der Waals surface area contributed by atoms with E-state index in [4.69, 9.17) is 5.73 Å². The Bertz CT molecular complexity index is 561. The Morgan fingerprint density at radius 1 is 1.10 bits per heavy atom. The van der Waals surface area contributed by atoms with Crippen molar-refractivity contribution in [3.8, 4) is 0 Å². The molecule has 2 rings (SSSR count). The first kappa shape index (κ1) is 14.6. The summed E-state index contributed by atoms with van der Waals surface area (Å²) in [4.78, 5) is 2.35. The van der Waals surface area contributed by atoms with Crippen molar-refractivity contribution < 1.29 is 0 Å². The number of nitrogens with two attached hydrogens (primary N) is 1. The van der Waals surface area contributed by atoms with E-state index in [0.717, 1.165) is 13.0 Å². The Hall–Kier alpha value is -1.80. The van der Waals surface area contributed by atoms with Crippen molar-refractivity contribution >= 4 is 11.4 Å². The zero-order chi connectivity index (χ0) is 14.5. The fourth-order valence-corrected chi connectivity index (χ4v) is 2.58. The summed E-state index contributed by atoms with van der Waals surface area (Å²) < 4.78 is 0. The normalized spacial score (nSPS) is 12.2. The smallest absolute Gasteiger partial charge is 0.0443 e. The number of hydrogen-bond donors (Lipinski definition) is 1. The molecule has 0 saturated carbocycles. The third-order valence-electron chi connectivity index (χ3n) is 3.45. The highest BCUT2D eigenvalue weighted by atomic mass is 15.1. The molecule has 2 aromatic carbocycles. The molecule has 0 spiro atoms. The van der Waals surface area contributed by atoms with Gasteiger partial charge in [0.05, 0.1) is 0 Å². The SMILES string of the molecule is CCN(c1cccc(C)c1)c1ccccc1CC(C)N. The number of aryl methyl sites for hydroxylation is 1. The molecule has 0 fully saturated rings. The van der Waals surface area contributed by atoms with Gasteiger partial charge >= 0.3 is 0 Å². The average molecular weight is 268 g/mol. The lowest BCUT2D eigenvalue weighted by atomic mass is 10.0. The summed E-state index contributed by atoms with van der Waals surface area (Å²) in [6, 6.07) is 17.4. The highest BCUT2D eigenvalue weighted by molar-refractivity contribution is 5.67. The maximum atomic E-state index is 5.98. The largest absolute Gasteiger partial charge is 0.342 e. The monoisotopic (exact) mass is 268 g/mol. The van der Waals surface area contributed by atoms with Gasteiger partial charge in [0.15, 0.2) is 0 Å². The molecule has 0 heterocycles. The third-order valence-corrected chi connectivity index (χ3v) is 3.45. The van der Waals surface area contributed by atoms with Gasteiger partial charge in [-0.2, -0.15) is 0 Å². The maximum Gasteiger partial charge on any atom is 0.0443 e. The summed E-state index contributed by atoms with van der Waals surface area (Å²) in [6.45, 7) is 7.31. The number of nitrogens with zero attached hydrogens (tertiary/aromatic N) is 1. The molecule has 2 N–H and O–H groups in total. The first-order chi connectivity index (χ1) is 9.61. The Morgan fingerprint density at radius 3 is 2.50 bits per heavy atom. The number of rotatable bonds is 5. The third kappa shape index (κ3) is 3.40. The summed E-state index contributed by atoms with van der Waals surface area (Å²) >= 11 is 0. The van der Waals surface area contributed by atoms with Crippen LogP contribution < -0.4 is 10.6 Å². The van der Waals surface area contributed by atoms with Gasteiger partial charge in [-0.25, -0.2) is 0 Å². The lowest BCUT2D eigenvalue weighted by molar-refractivity contribution is 0.736. The van der Waals surface area contributed by atoms with Crippen LogP contribution in [0.5, 0.6) is 0 Å². The topological polar surface area (TPSA) is 29.3 Å². The Labute approximate surface area is 122 Å². The van der Waals surface area contributed by atoms with Crippen LogP contribution in [0.3, 0.4) is 0 Å². The van der Waals surface area contributed by atoms with Crippen LogP contribution in [0.25, 0.3) is 0 Å². The van der Waals surface area contributed by atoms with E-state index in [1.165, 1.54) is 22.5 Å². The minimum absolute atomic E-state index is 0.173. The van der Waals surface area contributed by atoms with E-state index in [9.17, 15) is 0 Å². The fraction of sp³-hybridized carbons (Fsp3) is 0.333.